The van der Waals surface area contributed by atoms with Crippen LogP contribution in [0.25, 0.3) is 0 Å². The van der Waals surface area contributed by atoms with Crippen molar-refractivity contribution in [2.45, 2.75) is 59.0 Å². The summed E-state index contributed by atoms with van der Waals surface area (Å²) in [6, 6.07) is -1.00. The largest absolute Gasteiger partial charge is 0.480 e. The van der Waals surface area contributed by atoms with Crippen LogP contribution < -0.4 is 5.32 Å². The van der Waals surface area contributed by atoms with Gasteiger partial charge in [-0.1, -0.05) is 20.3 Å². The number of hydrogen-bond acceptors (Lipinski definition) is 2. The number of aliphatic carboxylic acids is 1. The molecule has 0 heterocycles. The third-order valence-corrected chi connectivity index (χ3v) is 2.52. The van der Waals surface area contributed by atoms with Gasteiger partial charge < -0.3 is 15.3 Å². The maximum atomic E-state index is 11.9. The van der Waals surface area contributed by atoms with Gasteiger partial charge in [0.05, 0.1) is 0 Å². The maximum absolute atomic E-state index is 11.9. The molecule has 2 N–H and O–H groups in total. The molecule has 0 aliphatic heterocycles. The highest BCUT2D eigenvalue weighted by Crippen LogP contribution is 2.03. The minimum Gasteiger partial charge on any atom is -0.480 e. The second-order valence-corrected chi connectivity index (χ2v) is 4.42. The molecule has 0 aromatic rings. The van der Waals surface area contributed by atoms with Crippen LogP contribution in [0.3, 0.4) is 0 Å². The molecule has 0 saturated carbocycles. The highest BCUT2D eigenvalue weighted by Gasteiger charge is 2.23. The van der Waals surface area contributed by atoms with Gasteiger partial charge in [-0.3, -0.25) is 0 Å². The van der Waals surface area contributed by atoms with Gasteiger partial charge >= 0.3 is 12.0 Å². The molecule has 0 bridgehead atoms. The molecule has 0 rings (SSSR count). The van der Waals surface area contributed by atoms with Crippen LogP contribution in [0.15, 0.2) is 0 Å². The van der Waals surface area contributed by atoms with Gasteiger partial charge in [-0.2, -0.15) is 0 Å². The van der Waals surface area contributed by atoms with E-state index in [-0.39, 0.29) is 12.1 Å². The molecule has 0 saturated heterocycles. The predicted molar refractivity (Wildman–Crippen MR) is 67.0 cm³/mol. The minimum absolute atomic E-state index is 0.0750. The van der Waals surface area contributed by atoms with Crippen LogP contribution in [0.2, 0.25) is 0 Å². The van der Waals surface area contributed by atoms with E-state index >= 15 is 0 Å². The molecule has 0 radical (unpaired) electrons. The predicted octanol–water partition coefficient (Wildman–Crippen LogP) is 2.07. The molecule has 0 aromatic heterocycles. The molecule has 1 atom stereocenters. The topological polar surface area (TPSA) is 69.6 Å². The fourth-order valence-electron chi connectivity index (χ4n) is 1.61. The summed E-state index contributed by atoms with van der Waals surface area (Å²) in [6.45, 7) is 8.37. The number of amides is 2. The van der Waals surface area contributed by atoms with Gasteiger partial charge in [-0.25, -0.2) is 9.59 Å². The molecule has 5 nitrogen and oxygen atoms in total. The third kappa shape index (κ3) is 5.56. The summed E-state index contributed by atoms with van der Waals surface area (Å²) >= 11 is 0. The first kappa shape index (κ1) is 15.7. The second kappa shape index (κ2) is 7.92. The molecule has 100 valence electrons. The van der Waals surface area contributed by atoms with Crippen LogP contribution in [0.1, 0.15) is 47.0 Å². The summed E-state index contributed by atoms with van der Waals surface area (Å²) in [5, 5.41) is 11.5. The lowest BCUT2D eigenvalue weighted by molar-refractivity contribution is -0.139. The van der Waals surface area contributed by atoms with E-state index in [2.05, 4.69) is 5.32 Å². The summed E-state index contributed by atoms with van der Waals surface area (Å²) in [7, 11) is 0. The first-order valence-electron chi connectivity index (χ1n) is 6.23. The highest BCUT2D eigenvalue weighted by molar-refractivity contribution is 5.82. The number of carboxylic acids is 1. The molecular weight excluding hydrogens is 220 g/mol. The second-order valence-electron chi connectivity index (χ2n) is 4.42. The zero-order valence-electron chi connectivity index (χ0n) is 11.2. The van der Waals surface area contributed by atoms with Crippen LogP contribution in [0, 0.1) is 0 Å². The summed E-state index contributed by atoms with van der Waals surface area (Å²) in [6.07, 6.45) is 2.04. The Kier molecular flexibility index (Phi) is 7.34. The van der Waals surface area contributed by atoms with Crippen molar-refractivity contribution in [2.75, 3.05) is 6.54 Å². The van der Waals surface area contributed by atoms with Crippen molar-refractivity contribution in [3.63, 3.8) is 0 Å². The summed E-state index contributed by atoms with van der Waals surface area (Å²) in [5.74, 6) is -0.972. The van der Waals surface area contributed by atoms with Crippen molar-refractivity contribution in [2.24, 2.45) is 0 Å². The number of carboxylic acid groups (broad SMARTS) is 1. The molecule has 17 heavy (non-hydrogen) atoms. The van der Waals surface area contributed by atoms with E-state index in [0.717, 1.165) is 12.8 Å². The smallest absolute Gasteiger partial charge is 0.326 e. The Balaban J connectivity index is 4.50. The molecule has 0 unspecified atom stereocenters. The van der Waals surface area contributed by atoms with Crippen LogP contribution in [0.4, 0.5) is 4.79 Å². The van der Waals surface area contributed by atoms with Gasteiger partial charge in [0.1, 0.15) is 6.04 Å². The van der Waals surface area contributed by atoms with Crippen molar-refractivity contribution < 1.29 is 14.7 Å². The molecular formula is C12H24N2O3. The van der Waals surface area contributed by atoms with E-state index in [0.29, 0.717) is 13.0 Å². The van der Waals surface area contributed by atoms with Gasteiger partial charge in [-0.15, -0.1) is 0 Å². The van der Waals surface area contributed by atoms with Crippen molar-refractivity contribution in [1.82, 2.24) is 10.2 Å². The van der Waals surface area contributed by atoms with E-state index in [9.17, 15) is 9.59 Å². The summed E-state index contributed by atoms with van der Waals surface area (Å²) in [4.78, 5) is 24.5. The van der Waals surface area contributed by atoms with Crippen LogP contribution >= 0.6 is 0 Å². The van der Waals surface area contributed by atoms with Crippen molar-refractivity contribution in [3.05, 3.63) is 0 Å². The number of urea groups is 1. The third-order valence-electron chi connectivity index (χ3n) is 2.52. The fraction of sp³-hybridized carbons (Fsp3) is 0.833. The Labute approximate surface area is 103 Å². The number of carbonyl (C=O) groups is 2. The van der Waals surface area contributed by atoms with Gasteiger partial charge in [0.2, 0.25) is 0 Å². The summed E-state index contributed by atoms with van der Waals surface area (Å²) in [5.41, 5.74) is 0. The quantitative estimate of drug-likeness (QED) is 0.720. The first-order chi connectivity index (χ1) is 7.93. The lowest BCUT2D eigenvalue weighted by atomic mass is 10.2. The normalized spacial score (nSPS) is 12.3. The average molecular weight is 244 g/mol. The lowest BCUT2D eigenvalue weighted by Crippen LogP contribution is -2.50. The molecule has 5 heteroatoms. The molecule has 0 fully saturated rings. The van der Waals surface area contributed by atoms with Gasteiger partial charge in [-0.05, 0) is 26.7 Å². The Morgan fingerprint density at radius 1 is 1.24 bits per heavy atom. The number of rotatable bonds is 7. The van der Waals surface area contributed by atoms with E-state index in [1.807, 2.05) is 27.7 Å². The fourth-order valence-corrected chi connectivity index (χ4v) is 1.61. The standard InChI is InChI=1S/C12H24N2O3/c1-5-7-10(11(15)16)13-12(17)14(8-6-2)9(3)4/h9-10H,5-8H2,1-4H3,(H,13,17)(H,15,16)/t10-/m0/s1. The SMILES string of the molecule is CCC[C@H](NC(=O)N(CCC)C(C)C)C(=O)O. The van der Waals surface area contributed by atoms with Crippen molar-refractivity contribution in [1.29, 1.82) is 0 Å². The molecule has 0 spiro atoms. The van der Waals surface area contributed by atoms with Gasteiger partial charge in [0.15, 0.2) is 0 Å². The van der Waals surface area contributed by atoms with Crippen molar-refractivity contribution >= 4 is 12.0 Å². The maximum Gasteiger partial charge on any atom is 0.326 e. The minimum atomic E-state index is -0.972. The number of carbonyl (C=O) groups excluding carboxylic acids is 1. The first-order valence-corrected chi connectivity index (χ1v) is 6.23. The monoisotopic (exact) mass is 244 g/mol. The number of nitrogens with one attached hydrogen (secondary N) is 1. The average Bonchev–Trinajstić information content (AvgIpc) is 2.24. The van der Waals surface area contributed by atoms with Crippen LogP contribution in [-0.4, -0.2) is 40.6 Å². The molecule has 0 aliphatic rings. The van der Waals surface area contributed by atoms with Gasteiger partial charge in [0, 0.05) is 12.6 Å². The Morgan fingerprint density at radius 2 is 1.82 bits per heavy atom. The van der Waals surface area contributed by atoms with Gasteiger partial charge in [0.25, 0.3) is 0 Å². The van der Waals surface area contributed by atoms with Crippen molar-refractivity contribution in [3.8, 4) is 0 Å². The molecule has 0 aliphatic carbocycles. The Morgan fingerprint density at radius 3 is 2.18 bits per heavy atom. The summed E-state index contributed by atoms with van der Waals surface area (Å²) < 4.78 is 0. The molecule has 2 amide bonds. The van der Waals surface area contributed by atoms with Crippen LogP contribution in [0.5, 0.6) is 0 Å². The Hall–Kier alpha value is -1.26. The van der Waals surface area contributed by atoms with E-state index in [4.69, 9.17) is 5.11 Å². The highest BCUT2D eigenvalue weighted by atomic mass is 16.4. The number of nitrogens with zero attached hydrogens (tertiary/aromatic N) is 1. The van der Waals surface area contributed by atoms with E-state index < -0.39 is 12.0 Å². The number of hydrogen-bond donors (Lipinski definition) is 2. The van der Waals surface area contributed by atoms with Crippen LogP contribution in [-0.2, 0) is 4.79 Å². The molecule has 0 aromatic carbocycles. The Bertz CT molecular complexity index is 254. The zero-order valence-corrected chi connectivity index (χ0v) is 11.2. The van der Waals surface area contributed by atoms with E-state index in [1.54, 1.807) is 4.90 Å². The van der Waals surface area contributed by atoms with E-state index in [1.165, 1.54) is 0 Å². The lowest BCUT2D eigenvalue weighted by Gasteiger charge is -2.28. The zero-order chi connectivity index (χ0) is 13.4.